The Hall–Kier alpha value is -0.0800. The first-order valence-corrected chi connectivity index (χ1v) is 8.13. The van der Waals surface area contributed by atoms with Crippen molar-refractivity contribution in [2.45, 2.75) is 89.9 Å². The number of hydrogen-bond donors (Lipinski definition) is 1. The van der Waals surface area contributed by atoms with Crippen LogP contribution in [0.25, 0.3) is 0 Å². The molecule has 0 bridgehead atoms. The van der Waals surface area contributed by atoms with Crippen LogP contribution in [-0.4, -0.2) is 24.8 Å². The van der Waals surface area contributed by atoms with Gasteiger partial charge in [0.15, 0.2) is 0 Å². The van der Waals surface area contributed by atoms with E-state index in [1.54, 1.807) is 0 Å². The van der Waals surface area contributed by atoms with Gasteiger partial charge < -0.3 is 10.1 Å². The number of rotatable bonds is 5. The monoisotopic (exact) mass is 253 g/mol. The predicted octanol–water partition coefficient (Wildman–Crippen LogP) is 3.89. The Morgan fingerprint density at radius 1 is 1.00 bits per heavy atom. The Labute approximate surface area is 113 Å². The molecule has 1 unspecified atom stereocenters. The molecule has 2 heteroatoms. The summed E-state index contributed by atoms with van der Waals surface area (Å²) in [5, 5.41) is 3.69. The summed E-state index contributed by atoms with van der Waals surface area (Å²) in [7, 11) is 0. The molecule has 2 nitrogen and oxygen atoms in total. The molecule has 2 fully saturated rings. The quantitative estimate of drug-likeness (QED) is 0.802. The molecule has 106 valence electrons. The standard InChI is InChI=1S/C16H31NO/c1-13-8-10-16(11-9-13)18-14(2)12-17-15-6-4-3-5-7-15/h13-17H,3-12H2,1-2H3. The minimum absolute atomic E-state index is 0.380. The van der Waals surface area contributed by atoms with Crippen LogP contribution in [0, 0.1) is 5.92 Å². The molecule has 0 spiro atoms. The Morgan fingerprint density at radius 3 is 2.33 bits per heavy atom. The molecular formula is C16H31NO. The van der Waals surface area contributed by atoms with Crippen molar-refractivity contribution in [3.8, 4) is 0 Å². The third kappa shape index (κ3) is 4.89. The van der Waals surface area contributed by atoms with E-state index in [9.17, 15) is 0 Å². The van der Waals surface area contributed by atoms with E-state index in [4.69, 9.17) is 4.74 Å². The van der Waals surface area contributed by atoms with E-state index < -0.39 is 0 Å². The van der Waals surface area contributed by atoms with Gasteiger partial charge in [-0.1, -0.05) is 26.2 Å². The van der Waals surface area contributed by atoms with Crippen molar-refractivity contribution >= 4 is 0 Å². The van der Waals surface area contributed by atoms with Gasteiger partial charge in [0.1, 0.15) is 0 Å². The van der Waals surface area contributed by atoms with Crippen LogP contribution in [0.1, 0.15) is 71.6 Å². The fourth-order valence-electron chi connectivity index (χ4n) is 3.38. The van der Waals surface area contributed by atoms with E-state index in [0.717, 1.165) is 18.5 Å². The lowest BCUT2D eigenvalue weighted by molar-refractivity contribution is -0.0272. The summed E-state index contributed by atoms with van der Waals surface area (Å²) in [6.45, 7) is 5.63. The molecule has 1 atom stereocenters. The molecule has 0 aromatic rings. The lowest BCUT2D eigenvalue weighted by atomic mass is 9.89. The number of ether oxygens (including phenoxy) is 1. The van der Waals surface area contributed by atoms with Gasteiger partial charge in [-0.15, -0.1) is 0 Å². The molecule has 0 heterocycles. The Bertz CT molecular complexity index is 217. The van der Waals surface area contributed by atoms with Gasteiger partial charge in [0.25, 0.3) is 0 Å². The van der Waals surface area contributed by atoms with Crippen molar-refractivity contribution in [1.29, 1.82) is 0 Å². The van der Waals surface area contributed by atoms with Crippen LogP contribution < -0.4 is 5.32 Å². The summed E-state index contributed by atoms with van der Waals surface area (Å²) < 4.78 is 6.17. The van der Waals surface area contributed by atoms with E-state index in [1.807, 2.05) is 0 Å². The molecular weight excluding hydrogens is 222 g/mol. The first-order chi connectivity index (χ1) is 8.74. The maximum Gasteiger partial charge on any atom is 0.0675 e. The van der Waals surface area contributed by atoms with Crippen LogP contribution in [0.2, 0.25) is 0 Å². The third-order valence-corrected chi connectivity index (χ3v) is 4.69. The van der Waals surface area contributed by atoms with Gasteiger partial charge in [-0.05, 0) is 51.4 Å². The SMILES string of the molecule is CC1CCC(OC(C)CNC2CCCCC2)CC1. The minimum Gasteiger partial charge on any atom is -0.374 e. The molecule has 0 aromatic carbocycles. The zero-order chi connectivity index (χ0) is 12.8. The average Bonchev–Trinajstić information content (AvgIpc) is 2.40. The molecule has 0 aromatic heterocycles. The summed E-state index contributed by atoms with van der Waals surface area (Å²) in [6.07, 6.45) is 13.2. The summed E-state index contributed by atoms with van der Waals surface area (Å²) >= 11 is 0. The first kappa shape index (κ1) is 14.3. The zero-order valence-electron chi connectivity index (χ0n) is 12.3. The van der Waals surface area contributed by atoms with Gasteiger partial charge in [0.2, 0.25) is 0 Å². The number of hydrogen-bond acceptors (Lipinski definition) is 2. The highest BCUT2D eigenvalue weighted by molar-refractivity contribution is 4.75. The Kier molecular flexibility index (Phi) is 5.97. The van der Waals surface area contributed by atoms with Crippen molar-refractivity contribution in [3.05, 3.63) is 0 Å². The maximum absolute atomic E-state index is 6.17. The van der Waals surface area contributed by atoms with Crippen molar-refractivity contribution in [2.24, 2.45) is 5.92 Å². The molecule has 18 heavy (non-hydrogen) atoms. The van der Waals surface area contributed by atoms with Crippen molar-refractivity contribution in [2.75, 3.05) is 6.54 Å². The third-order valence-electron chi connectivity index (χ3n) is 4.69. The lowest BCUT2D eigenvalue weighted by Crippen LogP contribution is -2.38. The van der Waals surface area contributed by atoms with Crippen LogP contribution in [0.5, 0.6) is 0 Å². The van der Waals surface area contributed by atoms with Crippen LogP contribution in [0.4, 0.5) is 0 Å². The van der Waals surface area contributed by atoms with E-state index in [1.165, 1.54) is 57.8 Å². The van der Waals surface area contributed by atoms with Gasteiger partial charge >= 0.3 is 0 Å². The lowest BCUT2D eigenvalue weighted by Gasteiger charge is -2.30. The maximum atomic E-state index is 6.17. The molecule has 2 saturated carbocycles. The summed E-state index contributed by atoms with van der Waals surface area (Å²) in [4.78, 5) is 0. The van der Waals surface area contributed by atoms with Crippen LogP contribution in [-0.2, 0) is 4.74 Å². The van der Waals surface area contributed by atoms with Crippen molar-refractivity contribution in [1.82, 2.24) is 5.32 Å². The second-order valence-electron chi connectivity index (χ2n) is 6.57. The van der Waals surface area contributed by atoms with E-state index in [-0.39, 0.29) is 0 Å². The molecule has 0 radical (unpaired) electrons. The highest BCUT2D eigenvalue weighted by Gasteiger charge is 2.21. The topological polar surface area (TPSA) is 21.3 Å². The second-order valence-corrected chi connectivity index (χ2v) is 6.57. The van der Waals surface area contributed by atoms with Crippen LogP contribution >= 0.6 is 0 Å². The summed E-state index contributed by atoms with van der Waals surface area (Å²) in [6, 6.07) is 0.760. The van der Waals surface area contributed by atoms with Crippen molar-refractivity contribution < 1.29 is 4.74 Å². The van der Waals surface area contributed by atoms with Crippen LogP contribution in [0.15, 0.2) is 0 Å². The van der Waals surface area contributed by atoms with Crippen LogP contribution in [0.3, 0.4) is 0 Å². The smallest absolute Gasteiger partial charge is 0.0675 e. The van der Waals surface area contributed by atoms with E-state index in [0.29, 0.717) is 12.2 Å². The van der Waals surface area contributed by atoms with Gasteiger partial charge in [-0.2, -0.15) is 0 Å². The average molecular weight is 253 g/mol. The van der Waals surface area contributed by atoms with Gasteiger partial charge in [-0.25, -0.2) is 0 Å². The first-order valence-electron chi connectivity index (χ1n) is 8.13. The molecule has 1 N–H and O–H groups in total. The number of nitrogens with one attached hydrogen (secondary N) is 1. The molecule has 0 aliphatic heterocycles. The van der Waals surface area contributed by atoms with Crippen molar-refractivity contribution in [3.63, 3.8) is 0 Å². The fraction of sp³-hybridized carbons (Fsp3) is 1.00. The fourth-order valence-corrected chi connectivity index (χ4v) is 3.38. The van der Waals surface area contributed by atoms with Gasteiger partial charge in [0.05, 0.1) is 12.2 Å². The molecule has 0 saturated heterocycles. The van der Waals surface area contributed by atoms with E-state index in [2.05, 4.69) is 19.2 Å². The summed E-state index contributed by atoms with van der Waals surface area (Å²) in [5.41, 5.74) is 0. The second kappa shape index (κ2) is 7.49. The highest BCUT2D eigenvalue weighted by Crippen LogP contribution is 2.26. The predicted molar refractivity (Wildman–Crippen MR) is 76.8 cm³/mol. The zero-order valence-corrected chi connectivity index (χ0v) is 12.3. The van der Waals surface area contributed by atoms with Gasteiger partial charge in [-0.3, -0.25) is 0 Å². The molecule has 0 amide bonds. The normalized spacial score (nSPS) is 32.3. The largest absolute Gasteiger partial charge is 0.374 e. The molecule has 2 rings (SSSR count). The summed E-state index contributed by atoms with van der Waals surface area (Å²) in [5.74, 6) is 0.917. The van der Waals surface area contributed by atoms with E-state index >= 15 is 0 Å². The molecule has 2 aliphatic rings. The van der Waals surface area contributed by atoms with Gasteiger partial charge in [0, 0.05) is 12.6 Å². The Morgan fingerprint density at radius 2 is 1.67 bits per heavy atom. The highest BCUT2D eigenvalue weighted by atomic mass is 16.5. The Balaban J connectivity index is 1.58. The minimum atomic E-state index is 0.380. The molecule has 2 aliphatic carbocycles.